The van der Waals surface area contributed by atoms with Gasteiger partial charge in [0.1, 0.15) is 17.0 Å². The van der Waals surface area contributed by atoms with E-state index in [1.807, 2.05) is 10.9 Å². The molecule has 0 aromatic carbocycles. The average Bonchev–Trinajstić information content (AvgIpc) is 3.04. The number of hydrogen-bond acceptors (Lipinski definition) is 7. The summed E-state index contributed by atoms with van der Waals surface area (Å²) in [6.07, 6.45) is -5.12. The van der Waals surface area contributed by atoms with Crippen LogP contribution in [0.1, 0.15) is 37.0 Å². The zero-order chi connectivity index (χ0) is 22.0. The molecule has 0 unspecified atom stereocenters. The van der Waals surface area contributed by atoms with Crippen molar-refractivity contribution >= 4 is 17.8 Å². The van der Waals surface area contributed by atoms with E-state index in [1.54, 1.807) is 20.8 Å². The van der Waals surface area contributed by atoms with Crippen LogP contribution in [-0.4, -0.2) is 37.3 Å². The van der Waals surface area contributed by atoms with Gasteiger partial charge in [-0.2, -0.15) is 18.3 Å². The first-order valence-corrected chi connectivity index (χ1v) is 7.85. The minimum absolute atomic E-state index is 0.262. The molecule has 2 rings (SSSR count). The van der Waals surface area contributed by atoms with Gasteiger partial charge >= 0.3 is 18.1 Å². The molecule has 0 atom stereocenters. The van der Waals surface area contributed by atoms with Crippen molar-refractivity contribution in [2.24, 2.45) is 0 Å². The van der Waals surface area contributed by atoms with Crippen LogP contribution in [0.15, 0.2) is 24.4 Å². The third-order valence-electron chi connectivity index (χ3n) is 3.07. The molecule has 2 heterocycles. The van der Waals surface area contributed by atoms with Gasteiger partial charge in [0.2, 0.25) is 0 Å². The second-order valence-electron chi connectivity index (χ2n) is 6.54. The highest BCUT2D eigenvalue weighted by atomic mass is 19.4. The zero-order valence-corrected chi connectivity index (χ0v) is 15.3. The predicted molar refractivity (Wildman–Crippen MR) is 89.9 cm³/mol. The van der Waals surface area contributed by atoms with Crippen LogP contribution in [0.4, 0.5) is 23.8 Å². The maximum absolute atomic E-state index is 13.3. The number of aromatic nitrogens is 3. The molecule has 2 aromatic heterocycles. The van der Waals surface area contributed by atoms with Crippen LogP contribution < -0.4 is 10.9 Å². The number of hydrazine groups is 1. The van der Waals surface area contributed by atoms with Gasteiger partial charge in [0, 0.05) is 12.1 Å². The molecule has 2 amide bonds. The van der Waals surface area contributed by atoms with E-state index in [4.69, 9.17) is 4.74 Å². The summed E-state index contributed by atoms with van der Waals surface area (Å²) in [5, 5.41) is 14.2. The van der Waals surface area contributed by atoms with Gasteiger partial charge in [0.25, 0.3) is 5.91 Å². The van der Waals surface area contributed by atoms with Crippen molar-refractivity contribution in [3.8, 4) is 5.69 Å². The van der Waals surface area contributed by atoms with Crippen LogP contribution in [0.5, 0.6) is 0 Å². The van der Waals surface area contributed by atoms with Gasteiger partial charge in [-0.15, -0.1) is 0 Å². The number of nitrogens with one attached hydrogen (secondary N) is 2. The van der Waals surface area contributed by atoms with Gasteiger partial charge < -0.3 is 14.9 Å². The summed E-state index contributed by atoms with van der Waals surface area (Å²) in [5.41, 5.74) is 0.645. The maximum atomic E-state index is 13.3. The molecule has 2 N–H and O–H groups in total. The minimum atomic E-state index is -4.90. The first kappa shape index (κ1) is 21.6. The molecular weight excluding hydrogens is 401 g/mol. The Morgan fingerprint density at radius 1 is 1.21 bits per heavy atom. The highest BCUT2D eigenvalue weighted by molar-refractivity contribution is 5.93. The predicted octanol–water partition coefficient (Wildman–Crippen LogP) is 2.36. The van der Waals surface area contributed by atoms with Crippen LogP contribution in [0.25, 0.3) is 5.69 Å². The first-order chi connectivity index (χ1) is 13.3. The van der Waals surface area contributed by atoms with E-state index in [2.05, 4.69) is 10.1 Å². The van der Waals surface area contributed by atoms with E-state index in [0.29, 0.717) is 10.7 Å². The lowest BCUT2D eigenvalue weighted by Gasteiger charge is -2.19. The van der Waals surface area contributed by atoms with Crippen molar-refractivity contribution in [1.82, 2.24) is 25.6 Å². The third-order valence-corrected chi connectivity index (χ3v) is 3.07. The van der Waals surface area contributed by atoms with Crippen LogP contribution in [0.2, 0.25) is 0 Å². The molecule has 156 valence electrons. The van der Waals surface area contributed by atoms with Crippen molar-refractivity contribution in [3.05, 3.63) is 45.9 Å². The zero-order valence-electron chi connectivity index (χ0n) is 15.3. The number of ether oxygens (including phenoxy) is 1. The van der Waals surface area contributed by atoms with Crippen LogP contribution in [0, 0.1) is 10.1 Å². The van der Waals surface area contributed by atoms with Crippen LogP contribution >= 0.6 is 0 Å². The maximum Gasteiger partial charge on any atom is 0.433 e. The Kier molecular flexibility index (Phi) is 5.75. The van der Waals surface area contributed by atoms with E-state index in [1.165, 1.54) is 0 Å². The Hall–Kier alpha value is -3.71. The minimum Gasteiger partial charge on any atom is -0.443 e. The van der Waals surface area contributed by atoms with Gasteiger partial charge in [-0.1, -0.05) is 0 Å². The fourth-order valence-corrected chi connectivity index (χ4v) is 1.98. The third kappa shape index (κ3) is 5.63. The lowest BCUT2D eigenvalue weighted by molar-refractivity contribution is -0.389. The quantitative estimate of drug-likeness (QED) is 0.578. The standard InChI is InChI=1S/C15H15F3N6O5/c1-14(2,3)29-13(26)21-20-12(25)9-6-10(15(16,17)18)23(22-9)8-4-5-11(19-7-8)24(27)28/h4-7H,1-3H3,(H,20,25)(H,21,26). The van der Waals surface area contributed by atoms with Crippen molar-refractivity contribution in [2.75, 3.05) is 0 Å². The number of hydrogen-bond donors (Lipinski definition) is 2. The Bertz CT molecular complexity index is 933. The van der Waals surface area contributed by atoms with Gasteiger partial charge in [-0.25, -0.2) is 14.9 Å². The summed E-state index contributed by atoms with van der Waals surface area (Å²) in [5.74, 6) is -1.72. The average molecular weight is 416 g/mol. The molecule has 0 aliphatic rings. The largest absolute Gasteiger partial charge is 0.443 e. The second kappa shape index (κ2) is 7.73. The topological polar surface area (TPSA) is 141 Å². The number of rotatable bonds is 3. The molecular formula is C15H15F3N6O5. The van der Waals surface area contributed by atoms with Gasteiger partial charge in [-0.3, -0.25) is 10.2 Å². The normalized spacial score (nSPS) is 11.7. The molecule has 0 spiro atoms. The fraction of sp³-hybridized carbons (Fsp3) is 0.333. The molecule has 0 radical (unpaired) electrons. The Balaban J connectivity index is 2.27. The summed E-state index contributed by atoms with van der Waals surface area (Å²) in [6, 6.07) is 2.34. The molecule has 14 heteroatoms. The van der Waals surface area contributed by atoms with E-state index in [-0.39, 0.29) is 5.69 Å². The smallest absolute Gasteiger partial charge is 0.433 e. The Labute approximate surface area is 161 Å². The number of alkyl halides is 3. The lowest BCUT2D eigenvalue weighted by Crippen LogP contribution is -2.44. The number of halogens is 3. The molecule has 0 bridgehead atoms. The molecule has 2 aromatic rings. The number of carbonyl (C=O) groups excluding carboxylic acids is 2. The van der Waals surface area contributed by atoms with Crippen LogP contribution in [-0.2, 0) is 10.9 Å². The summed E-state index contributed by atoms with van der Waals surface area (Å²) < 4.78 is 45.2. The monoisotopic (exact) mass is 416 g/mol. The SMILES string of the molecule is CC(C)(C)OC(=O)NNC(=O)c1cc(C(F)(F)F)n(-c2ccc([N+](=O)[O-])nc2)n1. The summed E-state index contributed by atoms with van der Waals surface area (Å²) in [4.78, 5) is 36.8. The molecule has 0 fully saturated rings. The van der Waals surface area contributed by atoms with Gasteiger partial charge in [0.15, 0.2) is 11.9 Å². The van der Waals surface area contributed by atoms with E-state index in [0.717, 1.165) is 18.3 Å². The van der Waals surface area contributed by atoms with Crippen molar-refractivity contribution in [2.45, 2.75) is 32.5 Å². The highest BCUT2D eigenvalue weighted by Crippen LogP contribution is 2.31. The van der Waals surface area contributed by atoms with Gasteiger partial charge in [0.05, 0.1) is 0 Å². The van der Waals surface area contributed by atoms with E-state index in [9.17, 15) is 32.9 Å². The molecule has 0 saturated heterocycles. The highest BCUT2D eigenvalue weighted by Gasteiger charge is 2.37. The van der Waals surface area contributed by atoms with E-state index >= 15 is 0 Å². The number of nitrogens with zero attached hydrogens (tertiary/aromatic N) is 4. The second-order valence-corrected chi connectivity index (χ2v) is 6.54. The van der Waals surface area contributed by atoms with E-state index < -0.39 is 45.9 Å². The van der Waals surface area contributed by atoms with Crippen molar-refractivity contribution in [3.63, 3.8) is 0 Å². The molecule has 0 aliphatic heterocycles. The molecule has 0 saturated carbocycles. The Morgan fingerprint density at radius 2 is 1.86 bits per heavy atom. The summed E-state index contributed by atoms with van der Waals surface area (Å²) in [7, 11) is 0. The number of amides is 2. The lowest BCUT2D eigenvalue weighted by atomic mass is 10.2. The molecule has 29 heavy (non-hydrogen) atoms. The number of carbonyl (C=O) groups is 2. The number of pyridine rings is 1. The first-order valence-electron chi connectivity index (χ1n) is 7.85. The van der Waals surface area contributed by atoms with Gasteiger partial charge in [-0.05, 0) is 36.7 Å². The molecule has 11 nitrogen and oxygen atoms in total. The fourth-order valence-electron chi connectivity index (χ4n) is 1.98. The van der Waals surface area contributed by atoms with Crippen molar-refractivity contribution < 1.29 is 32.4 Å². The Morgan fingerprint density at radius 3 is 2.34 bits per heavy atom. The van der Waals surface area contributed by atoms with Crippen LogP contribution in [0.3, 0.4) is 0 Å². The molecule has 0 aliphatic carbocycles. The summed E-state index contributed by atoms with van der Waals surface area (Å²) >= 11 is 0. The summed E-state index contributed by atoms with van der Waals surface area (Å²) in [6.45, 7) is 4.72. The van der Waals surface area contributed by atoms with Crippen molar-refractivity contribution in [1.29, 1.82) is 0 Å². The number of nitro groups is 1.